The third-order valence-electron chi connectivity index (χ3n) is 10.3. The third-order valence-corrected chi connectivity index (χ3v) is 10.6. The molecule has 352 valence electrons. The zero-order valence-electron chi connectivity index (χ0n) is 37.2. The highest BCUT2D eigenvalue weighted by atomic mass is 32.1. The summed E-state index contributed by atoms with van der Waals surface area (Å²) >= 11 is 4.20. The fourth-order valence-corrected chi connectivity index (χ4v) is 6.59. The van der Waals surface area contributed by atoms with Crippen LogP contribution in [0.4, 0.5) is 22.0 Å². The van der Waals surface area contributed by atoms with Gasteiger partial charge in [0.2, 0.25) is 52.6 Å². The number of amides is 3. The molecule has 0 aliphatic heterocycles. The van der Waals surface area contributed by atoms with Crippen molar-refractivity contribution in [3.8, 4) is 5.75 Å². The van der Waals surface area contributed by atoms with E-state index in [0.29, 0.717) is 51.6 Å². The summed E-state index contributed by atoms with van der Waals surface area (Å²) in [7, 11) is 0. The number of ether oxygens (including phenoxy) is 1. The number of thiol groups is 1. The lowest BCUT2D eigenvalue weighted by Gasteiger charge is -2.35. The lowest BCUT2D eigenvalue weighted by molar-refractivity contribution is -0.135. The Labute approximate surface area is 367 Å². The molecule has 0 saturated carbocycles. The van der Waals surface area contributed by atoms with Gasteiger partial charge in [0.05, 0.1) is 0 Å². The molecule has 1 aromatic carbocycles. The Morgan fingerprint density at radius 3 is 1.48 bits per heavy atom. The van der Waals surface area contributed by atoms with E-state index in [0.717, 1.165) is 76.5 Å². The largest absolute Gasteiger partial charge is 0.420 e. The Hall–Kier alpha value is -3.27. The second-order valence-corrected chi connectivity index (χ2v) is 16.4. The maximum absolute atomic E-state index is 13.7. The van der Waals surface area contributed by atoms with Gasteiger partial charge in [-0.25, -0.2) is 13.2 Å². The molecular formula is C45H75F5N4O6S. The van der Waals surface area contributed by atoms with Crippen molar-refractivity contribution in [2.45, 2.75) is 187 Å². The van der Waals surface area contributed by atoms with Crippen LogP contribution in [0.15, 0.2) is 0 Å². The van der Waals surface area contributed by atoms with Crippen LogP contribution >= 0.6 is 12.6 Å². The second-order valence-electron chi connectivity index (χ2n) is 16.0. The van der Waals surface area contributed by atoms with E-state index in [9.17, 15) is 45.9 Å². The number of hydrogen-bond donors (Lipinski definition) is 5. The van der Waals surface area contributed by atoms with Gasteiger partial charge in [-0.05, 0) is 70.1 Å². The normalized spacial score (nSPS) is 12.0. The van der Waals surface area contributed by atoms with E-state index in [2.05, 4.69) is 47.2 Å². The summed E-state index contributed by atoms with van der Waals surface area (Å²) in [5.41, 5.74) is 4.30. The minimum atomic E-state index is -2.33. The fourth-order valence-electron chi connectivity index (χ4n) is 6.37. The van der Waals surface area contributed by atoms with E-state index in [-0.39, 0.29) is 61.5 Å². The third kappa shape index (κ3) is 26.7. The number of carbonyl (C=O) groups excluding carboxylic acids is 5. The average molecular weight is 895 g/mol. The number of hydrogen-bond acceptors (Lipinski definition) is 8. The van der Waals surface area contributed by atoms with E-state index < -0.39 is 46.3 Å². The molecule has 61 heavy (non-hydrogen) atoms. The SMILES string of the molecule is CCCCCN.CCCCCNC(=O)CCC(CCC(=O)NCCCCS)(CCC(=O)C(C)C)NC(=O)CCCCCCCCCCC(=O)Oc1c(F)c(F)c(F)c(F)c1F. The summed E-state index contributed by atoms with van der Waals surface area (Å²) in [6, 6.07) is 0. The van der Waals surface area contributed by atoms with Crippen molar-refractivity contribution in [2.75, 3.05) is 25.4 Å². The maximum atomic E-state index is 13.7. The molecule has 0 spiro atoms. The van der Waals surface area contributed by atoms with Crippen molar-refractivity contribution in [1.29, 1.82) is 0 Å². The predicted molar refractivity (Wildman–Crippen MR) is 234 cm³/mol. The van der Waals surface area contributed by atoms with Gasteiger partial charge in [-0.2, -0.15) is 21.4 Å². The smallest absolute Gasteiger partial charge is 0.311 e. The molecule has 1 aromatic rings. The predicted octanol–water partition coefficient (Wildman–Crippen LogP) is 9.88. The molecule has 1 rings (SSSR count). The van der Waals surface area contributed by atoms with Crippen molar-refractivity contribution in [3.05, 3.63) is 29.1 Å². The summed E-state index contributed by atoms with van der Waals surface area (Å²) in [5.74, 6) is -13.7. The maximum Gasteiger partial charge on any atom is 0.311 e. The molecule has 0 fully saturated rings. The number of rotatable bonds is 34. The molecule has 1 unspecified atom stereocenters. The molecule has 1 atom stereocenters. The Morgan fingerprint density at radius 1 is 0.574 bits per heavy atom. The van der Waals surface area contributed by atoms with Crippen molar-refractivity contribution < 1.29 is 50.7 Å². The monoisotopic (exact) mass is 895 g/mol. The summed E-state index contributed by atoms with van der Waals surface area (Å²) in [4.78, 5) is 63.5. The van der Waals surface area contributed by atoms with E-state index in [1.165, 1.54) is 19.3 Å². The first-order valence-corrected chi connectivity index (χ1v) is 23.1. The first-order chi connectivity index (χ1) is 29.1. The fraction of sp³-hybridized carbons (Fsp3) is 0.756. The molecule has 0 aromatic heterocycles. The highest BCUT2D eigenvalue weighted by molar-refractivity contribution is 7.80. The van der Waals surface area contributed by atoms with Crippen LogP contribution in [0.25, 0.3) is 0 Å². The van der Waals surface area contributed by atoms with Crippen molar-refractivity contribution in [2.24, 2.45) is 11.7 Å². The number of nitrogens with two attached hydrogens (primary N) is 1. The lowest BCUT2D eigenvalue weighted by Crippen LogP contribution is -2.50. The number of carbonyl (C=O) groups is 5. The van der Waals surface area contributed by atoms with Crippen LogP contribution in [0, 0.1) is 35.0 Å². The van der Waals surface area contributed by atoms with Gasteiger partial charge in [0.15, 0.2) is 0 Å². The average Bonchev–Trinajstić information content (AvgIpc) is 3.24. The standard InChI is InChI=1S/C40H62F5N3O6S.C5H13N/c1-4-5-14-25-46-30(50)20-23-40(22-19-29(49)28(2)3,24-21-31(51)47-26-15-16-27-55)48-32(52)17-12-10-8-6-7-9-11-13-18-33(53)54-39-37(44)35(42)34(41)36(43)38(39)45;1-2-3-4-5-6/h28,55H,4-27H2,1-3H3,(H,46,50)(H,47,51)(H,48,52);2-6H2,1H3. The van der Waals surface area contributed by atoms with Gasteiger partial charge in [0, 0.05) is 56.7 Å². The number of benzene rings is 1. The number of ketones is 1. The van der Waals surface area contributed by atoms with Gasteiger partial charge < -0.3 is 26.4 Å². The van der Waals surface area contributed by atoms with Crippen LogP contribution in [-0.2, 0) is 24.0 Å². The lowest BCUT2D eigenvalue weighted by atomic mass is 9.81. The molecule has 0 saturated heterocycles. The highest BCUT2D eigenvalue weighted by Crippen LogP contribution is 2.30. The summed E-state index contributed by atoms with van der Waals surface area (Å²) in [5, 5.41) is 9.01. The van der Waals surface area contributed by atoms with E-state index in [1.54, 1.807) is 0 Å². The zero-order valence-corrected chi connectivity index (χ0v) is 38.1. The Kier molecular flexibility index (Phi) is 33.3. The van der Waals surface area contributed by atoms with Crippen LogP contribution in [-0.4, -0.2) is 60.4 Å². The molecule has 0 heterocycles. The molecule has 3 amide bonds. The minimum Gasteiger partial charge on any atom is -0.420 e. The summed E-state index contributed by atoms with van der Waals surface area (Å²) < 4.78 is 71.7. The first kappa shape index (κ1) is 57.7. The molecule has 5 N–H and O–H groups in total. The number of unbranched alkanes of at least 4 members (excludes halogenated alkanes) is 12. The Balaban J connectivity index is 0.00000555. The van der Waals surface area contributed by atoms with Gasteiger partial charge in [-0.1, -0.05) is 91.9 Å². The molecule has 0 aliphatic rings. The van der Waals surface area contributed by atoms with Gasteiger partial charge in [0.25, 0.3) is 0 Å². The van der Waals surface area contributed by atoms with Crippen molar-refractivity contribution in [3.63, 3.8) is 0 Å². The number of nitrogens with one attached hydrogen (secondary N) is 3. The van der Waals surface area contributed by atoms with Crippen LogP contribution < -0.4 is 26.4 Å². The van der Waals surface area contributed by atoms with Crippen LogP contribution in [0.5, 0.6) is 5.75 Å². The number of esters is 1. The van der Waals surface area contributed by atoms with Gasteiger partial charge in [0.1, 0.15) is 5.78 Å². The van der Waals surface area contributed by atoms with Crippen molar-refractivity contribution in [1.82, 2.24) is 16.0 Å². The molecule has 0 bridgehead atoms. The van der Waals surface area contributed by atoms with E-state index >= 15 is 0 Å². The van der Waals surface area contributed by atoms with Crippen molar-refractivity contribution >= 4 is 42.1 Å². The Bertz CT molecular complexity index is 1380. The van der Waals surface area contributed by atoms with Gasteiger partial charge in [-0.3, -0.25) is 24.0 Å². The molecule has 0 radical (unpaired) electrons. The van der Waals surface area contributed by atoms with E-state index in [4.69, 9.17) is 5.73 Å². The molecule has 0 aliphatic carbocycles. The number of halogens is 5. The number of Topliss-reactive ketones (excluding diaryl/α,β-unsaturated/α-hetero) is 1. The topological polar surface area (TPSA) is 157 Å². The summed E-state index contributed by atoms with van der Waals surface area (Å²) in [6.45, 7) is 9.84. The second kappa shape index (κ2) is 35.2. The quantitative estimate of drug-likeness (QED) is 0.00877. The van der Waals surface area contributed by atoms with Crippen LogP contribution in [0.1, 0.15) is 182 Å². The molecule has 16 heteroatoms. The Morgan fingerprint density at radius 2 is 1.02 bits per heavy atom. The highest BCUT2D eigenvalue weighted by Gasteiger charge is 2.34. The van der Waals surface area contributed by atoms with E-state index in [1.807, 2.05) is 13.8 Å². The van der Waals surface area contributed by atoms with Crippen LogP contribution in [0.3, 0.4) is 0 Å². The van der Waals surface area contributed by atoms with Crippen LogP contribution in [0.2, 0.25) is 0 Å². The van der Waals surface area contributed by atoms with Gasteiger partial charge in [-0.15, -0.1) is 0 Å². The minimum absolute atomic E-state index is 0.0444. The van der Waals surface area contributed by atoms with Gasteiger partial charge >= 0.3 is 5.97 Å². The zero-order chi connectivity index (χ0) is 46.1. The summed E-state index contributed by atoms with van der Waals surface area (Å²) in [6.07, 6.45) is 15.3. The molecule has 10 nitrogen and oxygen atoms in total. The molecular weight excluding hydrogens is 820 g/mol. The first-order valence-electron chi connectivity index (χ1n) is 22.5.